The Labute approximate surface area is 218 Å². The normalized spacial score (nSPS) is 10.8. The van der Waals surface area contributed by atoms with E-state index in [0.717, 1.165) is 16.0 Å². The van der Waals surface area contributed by atoms with Crippen LogP contribution < -0.4 is 9.47 Å². The molecule has 2 aromatic carbocycles. The molecule has 1 aromatic heterocycles. The molecule has 0 aliphatic carbocycles. The summed E-state index contributed by atoms with van der Waals surface area (Å²) in [6.07, 6.45) is 0.660. The van der Waals surface area contributed by atoms with Gasteiger partial charge in [0.05, 0.1) is 20.8 Å². The fourth-order valence-electron chi connectivity index (χ4n) is 4.09. The maximum absolute atomic E-state index is 13.6. The summed E-state index contributed by atoms with van der Waals surface area (Å²) in [5, 5.41) is 2.01. The number of nitrogens with zero attached hydrogens (tertiary/aromatic N) is 2. The highest BCUT2D eigenvalue weighted by Gasteiger charge is 2.24. The summed E-state index contributed by atoms with van der Waals surface area (Å²) in [5.41, 5.74) is 2.60. The van der Waals surface area contributed by atoms with Crippen molar-refractivity contribution in [1.29, 1.82) is 0 Å². The average molecular weight is 509 g/mol. The molecular weight excluding hydrogens is 472 g/mol. The minimum Gasteiger partial charge on any atom is -0.493 e. The molecule has 0 fully saturated rings. The third-order valence-electron chi connectivity index (χ3n) is 5.97. The van der Waals surface area contributed by atoms with E-state index in [1.807, 2.05) is 71.8 Å². The predicted molar refractivity (Wildman–Crippen MR) is 145 cm³/mol. The number of aryl methyl sites for hydroxylation is 1. The lowest BCUT2D eigenvalue weighted by Gasteiger charge is -2.29. The van der Waals surface area contributed by atoms with Gasteiger partial charge in [-0.3, -0.25) is 9.59 Å². The van der Waals surface area contributed by atoms with E-state index in [9.17, 15) is 9.59 Å². The molecule has 0 bridgehead atoms. The number of ether oxygens (including phenoxy) is 2. The molecule has 2 amide bonds. The monoisotopic (exact) mass is 508 g/mol. The van der Waals surface area contributed by atoms with E-state index < -0.39 is 0 Å². The van der Waals surface area contributed by atoms with Crippen LogP contribution in [0.4, 0.5) is 0 Å². The molecule has 0 aliphatic heterocycles. The number of carbonyl (C=O) groups excluding carboxylic acids is 2. The van der Waals surface area contributed by atoms with Crippen LogP contribution in [0.15, 0.2) is 60.0 Å². The summed E-state index contributed by atoms with van der Waals surface area (Å²) in [6, 6.07) is 17.4. The smallest absolute Gasteiger partial charge is 0.254 e. The molecule has 0 radical (unpaired) electrons. The van der Waals surface area contributed by atoms with Crippen LogP contribution >= 0.6 is 11.3 Å². The first kappa shape index (κ1) is 27.3. The summed E-state index contributed by atoms with van der Waals surface area (Å²) in [5.74, 6) is 1.41. The zero-order chi connectivity index (χ0) is 26.1. The first-order valence-electron chi connectivity index (χ1n) is 12.2. The van der Waals surface area contributed by atoms with Crippen molar-refractivity contribution in [2.24, 2.45) is 5.92 Å². The van der Waals surface area contributed by atoms with Gasteiger partial charge in [0, 0.05) is 23.5 Å². The highest BCUT2D eigenvalue weighted by Crippen LogP contribution is 2.28. The second-order valence-corrected chi connectivity index (χ2v) is 10.3. The lowest BCUT2D eigenvalue weighted by Crippen LogP contribution is -2.44. The summed E-state index contributed by atoms with van der Waals surface area (Å²) in [6.45, 7) is 7.64. The van der Waals surface area contributed by atoms with Crippen LogP contribution in [0, 0.1) is 12.8 Å². The van der Waals surface area contributed by atoms with Crippen LogP contribution in [-0.2, 0) is 17.8 Å². The number of methoxy groups -OCH3 is 2. The Morgan fingerprint density at radius 3 is 2.33 bits per heavy atom. The van der Waals surface area contributed by atoms with E-state index >= 15 is 0 Å². The zero-order valence-electron chi connectivity index (χ0n) is 21.8. The average Bonchev–Trinajstić information content (AvgIpc) is 3.38. The molecule has 3 rings (SSSR count). The van der Waals surface area contributed by atoms with Crippen molar-refractivity contribution in [3.63, 3.8) is 0 Å². The van der Waals surface area contributed by atoms with Gasteiger partial charge in [0.2, 0.25) is 5.91 Å². The Hall–Kier alpha value is -3.32. The standard InChI is InChI=1S/C29H36N2O4S/c1-21(2)18-31(29(33)25-11-7-6-9-22(25)3)20-28(32)30(19-24-10-8-16-36-24)15-14-23-12-13-26(34-4)27(17-23)35-5/h6-13,16-17,21H,14-15,18-20H2,1-5H3. The molecule has 192 valence electrons. The number of hydrogen-bond acceptors (Lipinski definition) is 5. The highest BCUT2D eigenvalue weighted by molar-refractivity contribution is 7.09. The quantitative estimate of drug-likeness (QED) is 0.327. The zero-order valence-corrected chi connectivity index (χ0v) is 22.6. The Balaban J connectivity index is 1.79. The highest BCUT2D eigenvalue weighted by atomic mass is 32.1. The lowest BCUT2D eigenvalue weighted by molar-refractivity contribution is -0.132. The third-order valence-corrected chi connectivity index (χ3v) is 6.83. The number of amides is 2. The second-order valence-electron chi connectivity index (χ2n) is 9.23. The summed E-state index contributed by atoms with van der Waals surface area (Å²) in [4.78, 5) is 31.7. The molecule has 0 saturated carbocycles. The minimum absolute atomic E-state index is 0.0443. The van der Waals surface area contributed by atoms with Gasteiger partial charge in [0.25, 0.3) is 5.91 Å². The Morgan fingerprint density at radius 2 is 1.69 bits per heavy atom. The largest absolute Gasteiger partial charge is 0.493 e. The van der Waals surface area contributed by atoms with E-state index in [4.69, 9.17) is 9.47 Å². The van der Waals surface area contributed by atoms with E-state index in [1.54, 1.807) is 30.5 Å². The molecule has 36 heavy (non-hydrogen) atoms. The van der Waals surface area contributed by atoms with Gasteiger partial charge >= 0.3 is 0 Å². The molecule has 6 nitrogen and oxygen atoms in total. The molecule has 0 unspecified atom stereocenters. The van der Waals surface area contributed by atoms with Gasteiger partial charge in [-0.25, -0.2) is 0 Å². The van der Waals surface area contributed by atoms with Crippen molar-refractivity contribution in [2.75, 3.05) is 33.9 Å². The van der Waals surface area contributed by atoms with Gasteiger partial charge in [-0.05, 0) is 60.0 Å². The molecule has 1 heterocycles. The first-order chi connectivity index (χ1) is 17.3. The summed E-state index contributed by atoms with van der Waals surface area (Å²) < 4.78 is 10.8. The first-order valence-corrected chi connectivity index (χ1v) is 13.1. The second kappa shape index (κ2) is 13.1. The number of carbonyl (C=O) groups is 2. The Kier molecular flexibility index (Phi) is 9.94. The van der Waals surface area contributed by atoms with Crippen molar-refractivity contribution in [3.8, 4) is 11.5 Å². The Bertz CT molecular complexity index is 1140. The van der Waals surface area contributed by atoms with Gasteiger partial charge in [0.15, 0.2) is 11.5 Å². The van der Waals surface area contributed by atoms with Gasteiger partial charge < -0.3 is 19.3 Å². The molecule has 7 heteroatoms. The minimum atomic E-state index is -0.105. The molecular formula is C29H36N2O4S. The van der Waals surface area contributed by atoms with Crippen LogP contribution in [0.2, 0.25) is 0 Å². The van der Waals surface area contributed by atoms with E-state index in [-0.39, 0.29) is 24.3 Å². The third kappa shape index (κ3) is 7.34. The lowest BCUT2D eigenvalue weighted by atomic mass is 10.1. The number of thiophene rings is 1. The van der Waals surface area contributed by atoms with Crippen molar-refractivity contribution in [3.05, 3.63) is 81.5 Å². The maximum Gasteiger partial charge on any atom is 0.254 e. The topological polar surface area (TPSA) is 59.1 Å². The maximum atomic E-state index is 13.6. The molecule has 0 aliphatic rings. The number of rotatable bonds is 12. The number of benzene rings is 2. The van der Waals surface area contributed by atoms with E-state index in [0.29, 0.717) is 43.1 Å². The van der Waals surface area contributed by atoms with Crippen LogP contribution in [0.25, 0.3) is 0 Å². The van der Waals surface area contributed by atoms with Crippen molar-refractivity contribution in [2.45, 2.75) is 33.7 Å². The van der Waals surface area contributed by atoms with Gasteiger partial charge in [0.1, 0.15) is 6.54 Å². The van der Waals surface area contributed by atoms with Gasteiger partial charge in [-0.2, -0.15) is 0 Å². The SMILES string of the molecule is COc1ccc(CCN(Cc2cccs2)C(=O)CN(CC(C)C)C(=O)c2ccccc2C)cc1OC. The van der Waals surface area contributed by atoms with Crippen LogP contribution in [-0.4, -0.2) is 55.5 Å². The molecule has 0 spiro atoms. The summed E-state index contributed by atoms with van der Waals surface area (Å²) in [7, 11) is 3.23. The number of hydrogen-bond donors (Lipinski definition) is 0. The predicted octanol–water partition coefficient (Wildman–Crippen LogP) is 5.44. The molecule has 0 saturated heterocycles. The van der Waals surface area contributed by atoms with Crippen molar-refractivity contribution in [1.82, 2.24) is 9.80 Å². The summed E-state index contributed by atoms with van der Waals surface area (Å²) >= 11 is 1.63. The molecule has 3 aromatic rings. The van der Waals surface area contributed by atoms with Crippen LogP contribution in [0.3, 0.4) is 0 Å². The fraction of sp³-hybridized carbons (Fsp3) is 0.379. The van der Waals surface area contributed by atoms with Crippen molar-refractivity contribution < 1.29 is 19.1 Å². The van der Waals surface area contributed by atoms with Crippen LogP contribution in [0.5, 0.6) is 11.5 Å². The van der Waals surface area contributed by atoms with E-state index in [1.165, 1.54) is 0 Å². The molecule has 0 N–H and O–H groups in total. The van der Waals surface area contributed by atoms with Crippen molar-refractivity contribution >= 4 is 23.2 Å². The van der Waals surface area contributed by atoms with Gasteiger partial charge in [-0.1, -0.05) is 44.2 Å². The van der Waals surface area contributed by atoms with E-state index in [2.05, 4.69) is 13.8 Å². The van der Waals surface area contributed by atoms with Gasteiger partial charge in [-0.15, -0.1) is 11.3 Å². The Morgan fingerprint density at radius 1 is 0.944 bits per heavy atom. The van der Waals surface area contributed by atoms with Crippen LogP contribution in [0.1, 0.15) is 40.2 Å². The fourth-order valence-corrected chi connectivity index (χ4v) is 4.81. The molecule has 0 atom stereocenters.